The van der Waals surface area contributed by atoms with Crippen molar-refractivity contribution in [1.82, 2.24) is 4.98 Å². The molecule has 3 aromatic rings. The molecule has 154 valence electrons. The van der Waals surface area contributed by atoms with Crippen molar-refractivity contribution in [1.29, 1.82) is 0 Å². The Labute approximate surface area is 173 Å². The van der Waals surface area contributed by atoms with E-state index in [2.05, 4.69) is 11.9 Å². The van der Waals surface area contributed by atoms with Crippen LogP contribution in [0.25, 0.3) is 22.2 Å². The van der Waals surface area contributed by atoms with Crippen LogP contribution in [0.15, 0.2) is 33.0 Å². The Kier molecular flexibility index (Phi) is 6.49. The summed E-state index contributed by atoms with van der Waals surface area (Å²) in [5.74, 6) is -0.134. The van der Waals surface area contributed by atoms with Crippen molar-refractivity contribution in [3.05, 3.63) is 44.6 Å². The average molecular weight is 415 g/mol. The van der Waals surface area contributed by atoms with Crippen molar-refractivity contribution >= 4 is 28.3 Å². The first-order valence-corrected chi connectivity index (χ1v) is 10.7. The molecular formula is C22H26N2O4S. The van der Waals surface area contributed by atoms with Crippen LogP contribution in [-0.4, -0.2) is 17.0 Å². The van der Waals surface area contributed by atoms with Gasteiger partial charge in [0, 0.05) is 11.4 Å². The van der Waals surface area contributed by atoms with Crippen LogP contribution in [0, 0.1) is 12.8 Å². The SMILES string of the molecule is CCCCc1cc2c(=O)c(-c3csc(C)n3)coc2cc1OC(=O)C(N)C(C)C. The number of rotatable bonds is 7. The normalized spacial score (nSPS) is 12.5. The van der Waals surface area contributed by atoms with Crippen molar-refractivity contribution in [3.63, 3.8) is 0 Å². The molecule has 0 aliphatic heterocycles. The van der Waals surface area contributed by atoms with Crippen molar-refractivity contribution in [2.45, 2.75) is 53.0 Å². The first kappa shape index (κ1) is 21.2. The highest BCUT2D eigenvalue weighted by atomic mass is 32.1. The van der Waals surface area contributed by atoms with Crippen LogP contribution < -0.4 is 15.9 Å². The molecule has 0 saturated heterocycles. The van der Waals surface area contributed by atoms with Crippen molar-refractivity contribution in [2.24, 2.45) is 11.7 Å². The predicted molar refractivity (Wildman–Crippen MR) is 115 cm³/mol. The quantitative estimate of drug-likeness (QED) is 0.453. The number of carbonyl (C=O) groups excluding carboxylic acids is 1. The number of nitrogens with zero attached hydrogens (tertiary/aromatic N) is 1. The summed E-state index contributed by atoms with van der Waals surface area (Å²) in [4.78, 5) is 29.8. The molecule has 0 amide bonds. The highest BCUT2D eigenvalue weighted by molar-refractivity contribution is 7.09. The molecule has 2 heterocycles. The third kappa shape index (κ3) is 4.57. The lowest BCUT2D eigenvalue weighted by Gasteiger charge is -2.16. The number of carbonyl (C=O) groups is 1. The molecule has 0 radical (unpaired) electrons. The monoisotopic (exact) mass is 414 g/mol. The van der Waals surface area contributed by atoms with Gasteiger partial charge in [-0.25, -0.2) is 9.78 Å². The number of hydrogen-bond donors (Lipinski definition) is 1. The van der Waals surface area contributed by atoms with Gasteiger partial charge in [-0.15, -0.1) is 11.3 Å². The number of fused-ring (bicyclic) bond motifs is 1. The lowest BCUT2D eigenvalue weighted by Crippen LogP contribution is -2.38. The van der Waals surface area contributed by atoms with Gasteiger partial charge in [-0.1, -0.05) is 27.2 Å². The highest BCUT2D eigenvalue weighted by Gasteiger charge is 2.22. The molecule has 6 nitrogen and oxygen atoms in total. The smallest absolute Gasteiger partial charge is 0.328 e. The Morgan fingerprint density at radius 2 is 2.10 bits per heavy atom. The van der Waals surface area contributed by atoms with Gasteiger partial charge >= 0.3 is 5.97 Å². The second kappa shape index (κ2) is 8.88. The summed E-state index contributed by atoms with van der Waals surface area (Å²) in [6.07, 6.45) is 3.98. The fraction of sp³-hybridized carbons (Fsp3) is 0.409. The molecule has 29 heavy (non-hydrogen) atoms. The van der Waals surface area contributed by atoms with Gasteiger partial charge in [0.2, 0.25) is 5.43 Å². The number of benzene rings is 1. The van der Waals surface area contributed by atoms with Gasteiger partial charge in [0.1, 0.15) is 23.6 Å². The fourth-order valence-electron chi connectivity index (χ4n) is 2.97. The minimum Gasteiger partial charge on any atom is -0.463 e. The minimum absolute atomic E-state index is 0.0379. The fourth-order valence-corrected chi connectivity index (χ4v) is 3.58. The Morgan fingerprint density at radius 1 is 1.34 bits per heavy atom. The van der Waals surface area contributed by atoms with Crippen molar-refractivity contribution < 1.29 is 13.9 Å². The lowest BCUT2D eigenvalue weighted by molar-refractivity contribution is -0.136. The Bertz CT molecular complexity index is 1080. The zero-order valence-electron chi connectivity index (χ0n) is 17.2. The van der Waals surface area contributed by atoms with Crippen LogP contribution >= 0.6 is 11.3 Å². The number of thiazole rings is 1. The van der Waals surface area contributed by atoms with Crippen molar-refractivity contribution in [2.75, 3.05) is 0 Å². The molecule has 2 N–H and O–H groups in total. The number of esters is 1. The molecule has 7 heteroatoms. The van der Waals surface area contributed by atoms with Gasteiger partial charge < -0.3 is 14.9 Å². The molecule has 1 unspecified atom stereocenters. The summed E-state index contributed by atoms with van der Waals surface area (Å²) in [5, 5.41) is 3.17. The van der Waals surface area contributed by atoms with Crippen LogP contribution in [-0.2, 0) is 11.2 Å². The Morgan fingerprint density at radius 3 is 2.72 bits per heavy atom. The lowest BCUT2D eigenvalue weighted by atomic mass is 10.0. The van der Waals surface area contributed by atoms with E-state index in [9.17, 15) is 9.59 Å². The molecule has 0 aliphatic rings. The van der Waals surface area contributed by atoms with Crippen LogP contribution in [0.4, 0.5) is 0 Å². The van der Waals surface area contributed by atoms with E-state index >= 15 is 0 Å². The highest BCUT2D eigenvalue weighted by Crippen LogP contribution is 2.29. The second-order valence-corrected chi connectivity index (χ2v) is 8.54. The summed E-state index contributed by atoms with van der Waals surface area (Å²) in [7, 11) is 0. The van der Waals surface area contributed by atoms with E-state index in [1.54, 1.807) is 12.1 Å². The maximum atomic E-state index is 13.1. The largest absolute Gasteiger partial charge is 0.463 e. The van der Waals surface area contributed by atoms with Gasteiger partial charge in [-0.05, 0) is 37.3 Å². The number of aryl methyl sites for hydroxylation is 2. The Balaban J connectivity index is 2.08. The van der Waals surface area contributed by atoms with E-state index in [1.165, 1.54) is 17.6 Å². The van der Waals surface area contributed by atoms with E-state index in [1.807, 2.05) is 26.2 Å². The minimum atomic E-state index is -0.716. The third-order valence-corrected chi connectivity index (χ3v) is 5.62. The van der Waals surface area contributed by atoms with E-state index in [0.717, 1.165) is 23.4 Å². The summed E-state index contributed by atoms with van der Waals surface area (Å²) < 4.78 is 11.3. The first-order valence-electron chi connectivity index (χ1n) is 9.80. The summed E-state index contributed by atoms with van der Waals surface area (Å²) in [5.41, 5.74) is 7.98. The van der Waals surface area contributed by atoms with Crippen LogP contribution in [0.1, 0.15) is 44.2 Å². The number of unbranched alkanes of at least 4 members (excludes halogenated alkanes) is 1. The molecule has 0 fully saturated rings. The van der Waals surface area contributed by atoms with E-state index in [0.29, 0.717) is 34.4 Å². The molecule has 0 spiro atoms. The van der Waals surface area contributed by atoms with Crippen LogP contribution in [0.5, 0.6) is 5.75 Å². The molecule has 3 rings (SSSR count). The van der Waals surface area contributed by atoms with Crippen molar-refractivity contribution in [3.8, 4) is 17.0 Å². The topological polar surface area (TPSA) is 95.4 Å². The second-order valence-electron chi connectivity index (χ2n) is 7.48. The molecule has 1 atom stereocenters. The molecule has 0 bridgehead atoms. The number of ether oxygens (including phenoxy) is 1. The number of hydrogen-bond acceptors (Lipinski definition) is 7. The summed E-state index contributed by atoms with van der Waals surface area (Å²) >= 11 is 1.48. The maximum Gasteiger partial charge on any atom is 0.328 e. The number of nitrogens with two attached hydrogens (primary N) is 1. The molecule has 2 aromatic heterocycles. The molecule has 1 aromatic carbocycles. The van der Waals surface area contributed by atoms with Crippen LogP contribution in [0.3, 0.4) is 0 Å². The zero-order chi connectivity index (χ0) is 21.1. The standard InChI is InChI=1S/C22H26N2O4S/c1-5-6-7-14-8-15-19(9-18(14)28-22(26)20(23)12(2)3)27-10-16(21(15)25)17-11-29-13(4)24-17/h8-12,20H,5-7,23H2,1-4H3. The van der Waals surface area contributed by atoms with Gasteiger partial charge in [0.25, 0.3) is 0 Å². The molecule has 0 saturated carbocycles. The van der Waals surface area contributed by atoms with Gasteiger partial charge in [0.15, 0.2) is 0 Å². The van der Waals surface area contributed by atoms with Gasteiger partial charge in [-0.3, -0.25) is 4.79 Å². The summed E-state index contributed by atoms with van der Waals surface area (Å²) in [6.45, 7) is 7.71. The number of aromatic nitrogens is 1. The summed E-state index contributed by atoms with van der Waals surface area (Å²) in [6, 6.07) is 2.67. The Hall–Kier alpha value is -2.51. The van der Waals surface area contributed by atoms with E-state index < -0.39 is 12.0 Å². The average Bonchev–Trinajstić information content (AvgIpc) is 3.12. The molecule has 0 aliphatic carbocycles. The predicted octanol–water partition coefficient (Wildman–Crippen LogP) is 4.46. The van der Waals surface area contributed by atoms with Gasteiger partial charge in [0.05, 0.1) is 21.7 Å². The third-order valence-electron chi connectivity index (χ3n) is 4.85. The van der Waals surface area contributed by atoms with E-state index in [4.69, 9.17) is 14.9 Å². The first-order chi connectivity index (χ1) is 13.8. The van der Waals surface area contributed by atoms with E-state index in [-0.39, 0.29) is 11.3 Å². The van der Waals surface area contributed by atoms with Crippen LogP contribution in [0.2, 0.25) is 0 Å². The maximum absolute atomic E-state index is 13.1. The molecular weight excluding hydrogens is 388 g/mol. The zero-order valence-corrected chi connectivity index (χ0v) is 18.0. The van der Waals surface area contributed by atoms with Gasteiger partial charge in [-0.2, -0.15) is 0 Å².